The van der Waals surface area contributed by atoms with Gasteiger partial charge >= 0.3 is 0 Å². The molecule has 1 unspecified atom stereocenters. The molecule has 0 aliphatic carbocycles. The number of aliphatic imine (C=N–C) groups is 1. The van der Waals surface area contributed by atoms with Gasteiger partial charge in [0.2, 0.25) is 11.6 Å². The van der Waals surface area contributed by atoms with E-state index in [0.717, 1.165) is 22.3 Å². The van der Waals surface area contributed by atoms with E-state index in [2.05, 4.69) is 10.4 Å². The van der Waals surface area contributed by atoms with E-state index in [9.17, 15) is 0 Å². The first-order valence-electron chi connectivity index (χ1n) is 7.22. The Bertz CT molecular complexity index is 813. The van der Waals surface area contributed by atoms with Crippen molar-refractivity contribution < 1.29 is 14.0 Å². The fraction of sp³-hybridized carbons (Fsp3) is 0.133. The van der Waals surface area contributed by atoms with Crippen LogP contribution in [0.15, 0.2) is 58.0 Å². The molecule has 0 amide bonds. The number of hydrogen-bond acceptors (Lipinski definition) is 9. The number of hydrogen-bond donors (Lipinski definition) is 3. The second kappa shape index (κ2) is 5.57. The number of furan rings is 1. The van der Waals surface area contributed by atoms with Crippen molar-refractivity contribution in [2.75, 3.05) is 12.0 Å². The van der Waals surface area contributed by atoms with Crippen LogP contribution in [0.1, 0.15) is 11.7 Å². The number of nitrogens with two attached hydrogens (primary N) is 2. The number of nitrogens with zero attached hydrogens (tertiary/aromatic N) is 3. The molecule has 1 atom stereocenters. The zero-order valence-electron chi connectivity index (χ0n) is 12.8. The van der Waals surface area contributed by atoms with Crippen molar-refractivity contribution in [1.29, 1.82) is 0 Å². The van der Waals surface area contributed by atoms with Crippen LogP contribution in [0.4, 0.5) is 11.6 Å². The van der Waals surface area contributed by atoms with Crippen molar-refractivity contribution in [3.8, 4) is 5.75 Å². The third-order valence-electron chi connectivity index (χ3n) is 3.80. The second-order valence-electron chi connectivity index (χ2n) is 5.18. The van der Waals surface area contributed by atoms with Crippen LogP contribution in [0.5, 0.6) is 5.75 Å². The number of benzene rings is 1. The van der Waals surface area contributed by atoms with Crippen LogP contribution >= 0.6 is 0 Å². The normalized spacial score (nSPS) is 20.0. The first kappa shape index (κ1) is 14.6. The van der Waals surface area contributed by atoms with Gasteiger partial charge in [-0.3, -0.25) is 5.43 Å². The quantitative estimate of drug-likeness (QED) is 0.722. The molecule has 0 saturated carbocycles. The van der Waals surface area contributed by atoms with Gasteiger partial charge in [0.25, 0.3) is 0 Å². The highest BCUT2D eigenvalue weighted by molar-refractivity contribution is 6.11. The van der Waals surface area contributed by atoms with Crippen molar-refractivity contribution in [3.63, 3.8) is 0 Å². The van der Waals surface area contributed by atoms with Crippen LogP contribution in [-0.2, 0) is 4.84 Å². The third-order valence-corrected chi connectivity index (χ3v) is 3.80. The third kappa shape index (κ3) is 2.27. The van der Waals surface area contributed by atoms with Gasteiger partial charge in [-0.1, -0.05) is 0 Å². The van der Waals surface area contributed by atoms with Gasteiger partial charge in [0, 0.05) is 11.0 Å². The fourth-order valence-corrected chi connectivity index (χ4v) is 2.63. The highest BCUT2D eigenvalue weighted by Crippen LogP contribution is 2.38. The fourth-order valence-electron chi connectivity index (χ4n) is 2.63. The zero-order chi connectivity index (χ0) is 16.7. The minimum atomic E-state index is -0.490. The summed E-state index contributed by atoms with van der Waals surface area (Å²) in [4.78, 5) is 11.8. The molecule has 9 nitrogen and oxygen atoms in total. The average molecular weight is 328 g/mol. The van der Waals surface area contributed by atoms with Gasteiger partial charge in [-0.25, -0.2) is 5.84 Å². The van der Waals surface area contributed by atoms with Crippen LogP contribution in [0.2, 0.25) is 0 Å². The van der Waals surface area contributed by atoms with E-state index in [1.54, 1.807) is 25.6 Å². The minimum Gasteiger partial charge on any atom is -0.497 e. The van der Waals surface area contributed by atoms with Gasteiger partial charge in [0.15, 0.2) is 5.84 Å². The molecule has 0 saturated heterocycles. The molecule has 24 heavy (non-hydrogen) atoms. The summed E-state index contributed by atoms with van der Waals surface area (Å²) in [7, 11) is 1.62. The highest BCUT2D eigenvalue weighted by Gasteiger charge is 2.35. The Morgan fingerprint density at radius 1 is 1.25 bits per heavy atom. The SMILES string of the molecule is COc1ccc(N2C(C3=CNN(N)O3)=Nc3occc3C2N)cc1. The number of ether oxygens (including phenoxy) is 1. The summed E-state index contributed by atoms with van der Waals surface area (Å²) in [6.07, 6.45) is 2.66. The summed E-state index contributed by atoms with van der Waals surface area (Å²) < 4.78 is 10.6. The molecule has 0 fully saturated rings. The Morgan fingerprint density at radius 2 is 2.04 bits per heavy atom. The molecule has 124 valence electrons. The number of nitrogens with one attached hydrogen (secondary N) is 1. The maximum Gasteiger partial charge on any atom is 0.227 e. The highest BCUT2D eigenvalue weighted by atomic mass is 16.7. The molecule has 0 spiro atoms. The number of amidine groups is 1. The van der Waals surface area contributed by atoms with E-state index in [-0.39, 0.29) is 0 Å². The van der Waals surface area contributed by atoms with E-state index in [1.807, 2.05) is 29.2 Å². The Kier molecular flexibility index (Phi) is 3.38. The maximum absolute atomic E-state index is 6.44. The van der Waals surface area contributed by atoms with E-state index in [0.29, 0.717) is 17.5 Å². The maximum atomic E-state index is 6.44. The lowest BCUT2D eigenvalue weighted by molar-refractivity contribution is -0.122. The molecule has 4 rings (SSSR count). The van der Waals surface area contributed by atoms with E-state index >= 15 is 0 Å². The van der Waals surface area contributed by atoms with Crippen LogP contribution in [0, 0.1) is 0 Å². The van der Waals surface area contributed by atoms with Crippen molar-refractivity contribution in [2.24, 2.45) is 16.6 Å². The summed E-state index contributed by atoms with van der Waals surface area (Å²) in [5.74, 6) is 7.66. The number of methoxy groups -OCH3 is 1. The van der Waals surface area contributed by atoms with Crippen molar-refractivity contribution >= 4 is 17.4 Å². The first-order chi connectivity index (χ1) is 11.7. The van der Waals surface area contributed by atoms with Crippen LogP contribution < -0.4 is 26.6 Å². The minimum absolute atomic E-state index is 0.422. The molecule has 2 aliphatic heterocycles. The summed E-state index contributed by atoms with van der Waals surface area (Å²) >= 11 is 0. The predicted molar refractivity (Wildman–Crippen MR) is 86.5 cm³/mol. The standard InChI is InChI=1S/C15H16N6O3/c1-22-10-4-2-9(3-5-10)20-13(16)11-6-7-23-15(11)19-14(20)12-8-18-21(17)24-12/h2-8,13,18H,16-17H2,1H3. The summed E-state index contributed by atoms with van der Waals surface area (Å²) in [6, 6.07) is 9.28. The monoisotopic (exact) mass is 328 g/mol. The number of anilines is 1. The Morgan fingerprint density at radius 3 is 2.71 bits per heavy atom. The number of rotatable bonds is 3. The van der Waals surface area contributed by atoms with E-state index in [4.69, 9.17) is 25.6 Å². The van der Waals surface area contributed by atoms with Gasteiger partial charge in [-0.2, -0.15) is 4.99 Å². The van der Waals surface area contributed by atoms with Crippen LogP contribution in [0.25, 0.3) is 0 Å². The van der Waals surface area contributed by atoms with Crippen molar-refractivity contribution in [3.05, 3.63) is 54.1 Å². The first-order valence-corrected chi connectivity index (χ1v) is 7.22. The molecule has 9 heteroatoms. The Hall–Kier alpha value is -3.01. The molecule has 1 aromatic heterocycles. The van der Waals surface area contributed by atoms with Gasteiger partial charge in [0.05, 0.1) is 25.1 Å². The summed E-state index contributed by atoms with van der Waals surface area (Å²) in [6.45, 7) is 0. The molecule has 0 bridgehead atoms. The lowest BCUT2D eigenvalue weighted by Crippen LogP contribution is -2.43. The molecule has 5 N–H and O–H groups in total. The smallest absolute Gasteiger partial charge is 0.227 e. The largest absolute Gasteiger partial charge is 0.497 e. The molecule has 2 aliphatic rings. The van der Waals surface area contributed by atoms with Crippen molar-refractivity contribution in [2.45, 2.75) is 6.17 Å². The lowest BCUT2D eigenvalue weighted by Gasteiger charge is -2.34. The second-order valence-corrected chi connectivity index (χ2v) is 5.18. The molecular formula is C15H16N6O3. The Balaban J connectivity index is 1.79. The van der Waals surface area contributed by atoms with E-state index < -0.39 is 6.17 Å². The van der Waals surface area contributed by atoms with Crippen LogP contribution in [0.3, 0.4) is 0 Å². The predicted octanol–water partition coefficient (Wildman–Crippen LogP) is 1.26. The number of hydrazine groups is 2. The molecule has 2 aromatic rings. The van der Waals surface area contributed by atoms with Gasteiger partial charge < -0.3 is 24.6 Å². The molecule has 0 radical (unpaired) electrons. The molecule has 3 heterocycles. The van der Waals surface area contributed by atoms with Crippen molar-refractivity contribution in [1.82, 2.24) is 10.7 Å². The topological polar surface area (TPSA) is 115 Å². The van der Waals surface area contributed by atoms with Gasteiger partial charge in [0.1, 0.15) is 11.9 Å². The molecule has 1 aromatic carbocycles. The Labute approximate surface area is 137 Å². The van der Waals surface area contributed by atoms with Gasteiger partial charge in [-0.05, 0) is 30.3 Å². The molecular weight excluding hydrogens is 312 g/mol. The van der Waals surface area contributed by atoms with E-state index in [1.165, 1.54) is 0 Å². The summed E-state index contributed by atoms with van der Waals surface area (Å²) in [5.41, 5.74) is 10.8. The zero-order valence-corrected chi connectivity index (χ0v) is 12.8. The lowest BCUT2D eigenvalue weighted by atomic mass is 10.1. The number of fused-ring (bicyclic) bond motifs is 1. The summed E-state index contributed by atoms with van der Waals surface area (Å²) in [5, 5.41) is 0.979. The average Bonchev–Trinajstić information content (AvgIpc) is 3.24. The van der Waals surface area contributed by atoms with Crippen LogP contribution in [-0.4, -0.2) is 18.2 Å². The van der Waals surface area contributed by atoms with Gasteiger partial charge in [-0.15, -0.1) is 0 Å².